The molecule has 5 nitrogen and oxygen atoms in total. The zero-order chi connectivity index (χ0) is 20.1. The molecule has 3 rings (SSSR count). The first kappa shape index (κ1) is 19.7. The van der Waals surface area contributed by atoms with Crippen molar-refractivity contribution in [3.05, 3.63) is 71.6 Å². The average Bonchev–Trinajstić information content (AvgIpc) is 3.48. The van der Waals surface area contributed by atoms with Crippen LogP contribution in [0.15, 0.2) is 49.1 Å². The van der Waals surface area contributed by atoms with Gasteiger partial charge in [0.05, 0.1) is 0 Å². The topological polar surface area (TPSA) is 57.5 Å². The van der Waals surface area contributed by atoms with Crippen LogP contribution in [0.5, 0.6) is 5.75 Å². The van der Waals surface area contributed by atoms with Crippen LogP contribution < -0.4 is 4.74 Å². The number of carbonyl (C=O) groups is 2. The van der Waals surface area contributed by atoms with Gasteiger partial charge in [-0.15, -0.1) is 0 Å². The molecule has 1 heterocycles. The predicted octanol–water partition coefficient (Wildman–Crippen LogP) is 4.44. The van der Waals surface area contributed by atoms with Crippen molar-refractivity contribution >= 4 is 17.8 Å². The summed E-state index contributed by atoms with van der Waals surface area (Å²) in [7, 11) is 0. The van der Waals surface area contributed by atoms with Gasteiger partial charge in [0.25, 0.3) is 0 Å². The van der Waals surface area contributed by atoms with Gasteiger partial charge in [-0.25, -0.2) is 4.79 Å². The van der Waals surface area contributed by atoms with E-state index in [9.17, 15) is 9.59 Å². The van der Waals surface area contributed by atoms with Crippen LogP contribution >= 0.6 is 0 Å². The van der Waals surface area contributed by atoms with Gasteiger partial charge in [-0.3, -0.25) is 4.79 Å². The van der Waals surface area contributed by atoms with Crippen LogP contribution in [0, 0.1) is 13.8 Å². The summed E-state index contributed by atoms with van der Waals surface area (Å²) in [4.78, 5) is 24.4. The summed E-state index contributed by atoms with van der Waals surface area (Å²) >= 11 is 0. The van der Waals surface area contributed by atoms with Crippen molar-refractivity contribution in [1.29, 1.82) is 0 Å². The van der Waals surface area contributed by atoms with E-state index in [0.717, 1.165) is 35.5 Å². The van der Waals surface area contributed by atoms with E-state index in [2.05, 4.69) is 11.1 Å². The summed E-state index contributed by atoms with van der Waals surface area (Å²) in [6.07, 6.45) is 6.95. The summed E-state index contributed by atoms with van der Waals surface area (Å²) in [6, 6.07) is 9.69. The van der Waals surface area contributed by atoms with Crippen LogP contribution in [-0.4, -0.2) is 29.5 Å². The molecule has 0 unspecified atom stereocenters. The Morgan fingerprint density at radius 1 is 1.21 bits per heavy atom. The normalized spacial score (nSPS) is 13.5. The van der Waals surface area contributed by atoms with Gasteiger partial charge in [0.15, 0.2) is 6.61 Å². The lowest BCUT2D eigenvalue weighted by Gasteiger charge is -2.07. The first-order valence-corrected chi connectivity index (χ1v) is 9.40. The molecule has 0 amide bonds. The van der Waals surface area contributed by atoms with Gasteiger partial charge in [0.2, 0.25) is 5.78 Å². The van der Waals surface area contributed by atoms with Crippen molar-refractivity contribution in [3.63, 3.8) is 0 Å². The quantitative estimate of drug-likeness (QED) is 0.280. The highest BCUT2D eigenvalue weighted by atomic mass is 16.5. The molecular weight excluding hydrogens is 354 g/mol. The maximum Gasteiger partial charge on any atom is 0.331 e. The van der Waals surface area contributed by atoms with Crippen LogP contribution in [0.25, 0.3) is 6.08 Å². The lowest BCUT2D eigenvalue weighted by atomic mass is 10.1. The van der Waals surface area contributed by atoms with Gasteiger partial charge in [-0.05, 0) is 56.5 Å². The van der Waals surface area contributed by atoms with Crippen LogP contribution in [0.1, 0.15) is 46.2 Å². The van der Waals surface area contributed by atoms with Crippen molar-refractivity contribution in [3.8, 4) is 5.75 Å². The predicted molar refractivity (Wildman–Crippen MR) is 109 cm³/mol. The Morgan fingerprint density at radius 2 is 1.93 bits per heavy atom. The fraction of sp³-hybridized carbons (Fsp3) is 0.304. The monoisotopic (exact) mass is 379 g/mol. The number of rotatable bonds is 9. The van der Waals surface area contributed by atoms with E-state index in [1.807, 2.05) is 44.2 Å². The zero-order valence-electron chi connectivity index (χ0n) is 16.3. The van der Waals surface area contributed by atoms with E-state index < -0.39 is 5.97 Å². The fourth-order valence-corrected chi connectivity index (χ4v) is 3.21. The Morgan fingerprint density at radius 3 is 2.57 bits per heavy atom. The molecule has 0 saturated heterocycles. The van der Waals surface area contributed by atoms with E-state index in [-0.39, 0.29) is 12.4 Å². The molecule has 1 aromatic heterocycles. The second kappa shape index (κ2) is 8.74. The Bertz CT molecular complexity index is 901. The smallest absolute Gasteiger partial charge is 0.331 e. The summed E-state index contributed by atoms with van der Waals surface area (Å²) in [5.74, 6) is 0.0100. The first-order chi connectivity index (χ1) is 13.5. The molecule has 0 atom stereocenters. The van der Waals surface area contributed by atoms with Crippen molar-refractivity contribution in [2.24, 2.45) is 0 Å². The minimum absolute atomic E-state index is 0.175. The van der Waals surface area contributed by atoms with E-state index in [4.69, 9.17) is 9.47 Å². The third-order valence-corrected chi connectivity index (χ3v) is 4.70. The largest absolute Gasteiger partial charge is 0.490 e. The minimum Gasteiger partial charge on any atom is -0.490 e. The molecule has 1 saturated carbocycles. The molecule has 28 heavy (non-hydrogen) atoms. The number of hydrogen-bond acceptors (Lipinski definition) is 4. The van der Waals surface area contributed by atoms with Gasteiger partial charge in [0.1, 0.15) is 12.4 Å². The third kappa shape index (κ3) is 4.80. The molecule has 1 aliphatic carbocycles. The van der Waals surface area contributed by atoms with Crippen LogP contribution in [0.3, 0.4) is 0 Å². The first-order valence-electron chi connectivity index (χ1n) is 9.40. The zero-order valence-corrected chi connectivity index (χ0v) is 16.3. The molecule has 5 heteroatoms. The standard InChI is InChI=1S/C23H25NO4/c1-4-13-27-20-10-5-18(6-11-20)7-12-23(26)28-15-22(25)21-14-16(2)24(17(21)3)19-8-9-19/h4-7,10-12,14,19H,1,8-9,13,15H2,2-3H3/b12-7+. The van der Waals surface area contributed by atoms with E-state index in [1.54, 1.807) is 12.2 Å². The number of benzene rings is 1. The fourth-order valence-electron chi connectivity index (χ4n) is 3.21. The van der Waals surface area contributed by atoms with E-state index in [1.165, 1.54) is 6.08 Å². The third-order valence-electron chi connectivity index (χ3n) is 4.70. The summed E-state index contributed by atoms with van der Waals surface area (Å²) in [5, 5.41) is 0. The lowest BCUT2D eigenvalue weighted by Crippen LogP contribution is -2.13. The van der Waals surface area contributed by atoms with Crippen molar-refractivity contribution in [1.82, 2.24) is 4.57 Å². The summed E-state index contributed by atoms with van der Waals surface area (Å²) in [6.45, 7) is 7.74. The van der Waals surface area contributed by atoms with Gasteiger partial charge < -0.3 is 14.0 Å². The molecular formula is C23H25NO4. The molecule has 2 aromatic rings. The number of esters is 1. The highest BCUT2D eigenvalue weighted by Crippen LogP contribution is 2.38. The Balaban J connectivity index is 1.52. The van der Waals surface area contributed by atoms with Crippen LogP contribution in [-0.2, 0) is 9.53 Å². The minimum atomic E-state index is -0.545. The molecule has 1 fully saturated rings. The van der Waals surface area contributed by atoms with Gasteiger partial charge in [-0.1, -0.05) is 24.8 Å². The lowest BCUT2D eigenvalue weighted by molar-refractivity contribution is -0.136. The number of aromatic nitrogens is 1. The van der Waals surface area contributed by atoms with Gasteiger partial charge in [-0.2, -0.15) is 0 Å². The number of carbonyl (C=O) groups excluding carboxylic acids is 2. The molecule has 1 aromatic carbocycles. The summed E-state index contributed by atoms with van der Waals surface area (Å²) in [5.41, 5.74) is 3.50. The Kier molecular flexibility index (Phi) is 6.14. The highest BCUT2D eigenvalue weighted by Gasteiger charge is 2.28. The number of ether oxygens (including phenoxy) is 2. The molecule has 0 aliphatic heterocycles. The van der Waals surface area contributed by atoms with Gasteiger partial charge in [0, 0.05) is 29.1 Å². The maximum atomic E-state index is 12.4. The molecule has 1 aliphatic rings. The van der Waals surface area contributed by atoms with E-state index in [0.29, 0.717) is 18.2 Å². The molecule has 0 N–H and O–H groups in total. The molecule has 0 bridgehead atoms. The Labute approximate surface area is 165 Å². The van der Waals surface area contributed by atoms with Gasteiger partial charge >= 0.3 is 5.97 Å². The Hall–Kier alpha value is -3.08. The molecule has 146 valence electrons. The second-order valence-electron chi connectivity index (χ2n) is 6.92. The number of nitrogens with zero attached hydrogens (tertiary/aromatic N) is 1. The number of aryl methyl sites for hydroxylation is 1. The number of hydrogen-bond donors (Lipinski definition) is 0. The van der Waals surface area contributed by atoms with Crippen molar-refractivity contribution in [2.45, 2.75) is 32.7 Å². The highest BCUT2D eigenvalue weighted by molar-refractivity contribution is 6.00. The molecule has 0 spiro atoms. The van der Waals surface area contributed by atoms with Crippen LogP contribution in [0.2, 0.25) is 0 Å². The van der Waals surface area contributed by atoms with Crippen molar-refractivity contribution in [2.75, 3.05) is 13.2 Å². The SMILES string of the molecule is C=CCOc1ccc(/C=C/C(=O)OCC(=O)c2cc(C)n(C3CC3)c2C)cc1. The second-order valence-corrected chi connectivity index (χ2v) is 6.92. The number of Topliss-reactive ketones (excluding diaryl/α,β-unsaturated/α-hetero) is 1. The molecule has 0 radical (unpaired) electrons. The number of ketones is 1. The summed E-state index contributed by atoms with van der Waals surface area (Å²) < 4.78 is 12.7. The van der Waals surface area contributed by atoms with Crippen LogP contribution in [0.4, 0.5) is 0 Å². The van der Waals surface area contributed by atoms with Crippen molar-refractivity contribution < 1.29 is 19.1 Å². The van der Waals surface area contributed by atoms with E-state index >= 15 is 0 Å². The average molecular weight is 379 g/mol. The maximum absolute atomic E-state index is 12.4.